The maximum absolute atomic E-state index is 13.1. The lowest BCUT2D eigenvalue weighted by atomic mass is 9.86. The predicted octanol–water partition coefficient (Wildman–Crippen LogP) is 1.91. The van der Waals surface area contributed by atoms with Gasteiger partial charge in [-0.15, -0.1) is 11.3 Å². The van der Waals surface area contributed by atoms with Gasteiger partial charge < -0.3 is 10.6 Å². The topological polar surface area (TPSA) is 99.8 Å². The number of imide groups is 1. The van der Waals surface area contributed by atoms with Crippen molar-refractivity contribution in [2.24, 2.45) is 5.73 Å². The summed E-state index contributed by atoms with van der Waals surface area (Å²) in [4.78, 5) is 47.7. The second-order valence-corrected chi connectivity index (χ2v) is 8.81. The van der Waals surface area contributed by atoms with Crippen molar-refractivity contribution >= 4 is 29.2 Å². The molecule has 1 aromatic heterocycles. The highest BCUT2D eigenvalue weighted by Gasteiger charge is 2.57. The molecule has 4 rings (SSSR count). The third-order valence-corrected chi connectivity index (χ3v) is 6.92. The Hall–Kier alpha value is -2.78. The van der Waals surface area contributed by atoms with Gasteiger partial charge in [-0.3, -0.25) is 19.4 Å². The molecule has 2 saturated heterocycles. The lowest BCUT2D eigenvalue weighted by Gasteiger charge is -2.41. The van der Waals surface area contributed by atoms with Crippen LogP contribution in [0.3, 0.4) is 0 Å². The van der Waals surface area contributed by atoms with Crippen molar-refractivity contribution in [1.82, 2.24) is 19.7 Å². The molecule has 0 saturated carbocycles. The van der Waals surface area contributed by atoms with Gasteiger partial charge in [-0.1, -0.05) is 30.3 Å². The van der Waals surface area contributed by atoms with Crippen LogP contribution in [0.25, 0.3) is 10.6 Å². The molecule has 8 nitrogen and oxygen atoms in total. The first-order chi connectivity index (χ1) is 14.4. The van der Waals surface area contributed by atoms with Crippen LogP contribution >= 0.6 is 11.3 Å². The summed E-state index contributed by atoms with van der Waals surface area (Å²) in [5, 5.41) is 0.995. The van der Waals surface area contributed by atoms with Crippen molar-refractivity contribution < 1.29 is 14.4 Å². The number of carbonyl (C=O) groups excluding carboxylic acids is 3. The third-order valence-electron chi connectivity index (χ3n) is 5.89. The molecule has 158 valence electrons. The highest BCUT2D eigenvalue weighted by atomic mass is 32.1. The Morgan fingerprint density at radius 2 is 1.90 bits per heavy atom. The average molecular weight is 428 g/mol. The summed E-state index contributed by atoms with van der Waals surface area (Å²) in [6.45, 7) is 4.07. The molecule has 9 heteroatoms. The van der Waals surface area contributed by atoms with Gasteiger partial charge in [-0.05, 0) is 19.8 Å². The second-order valence-electron chi connectivity index (χ2n) is 7.69. The molecule has 1 spiro atoms. The molecule has 2 fully saturated rings. The molecule has 30 heavy (non-hydrogen) atoms. The largest absolute Gasteiger partial charge is 0.368 e. The fourth-order valence-electron chi connectivity index (χ4n) is 4.40. The Labute approximate surface area is 179 Å². The smallest absolute Gasteiger partial charge is 0.328 e. The monoisotopic (exact) mass is 427 g/mol. The summed E-state index contributed by atoms with van der Waals surface area (Å²) in [5.41, 5.74) is 5.48. The van der Waals surface area contributed by atoms with E-state index in [0.29, 0.717) is 32.5 Å². The van der Waals surface area contributed by atoms with E-state index < -0.39 is 17.5 Å². The highest BCUT2D eigenvalue weighted by Crippen LogP contribution is 2.37. The van der Waals surface area contributed by atoms with Gasteiger partial charge in [0, 0.05) is 42.8 Å². The van der Waals surface area contributed by atoms with Crippen molar-refractivity contribution in [2.75, 3.05) is 26.2 Å². The standard InChI is InChI=1S/C21H25N5O3S/c1-2-26-20(29)25(14-17(22)27)19(28)21(26)8-10-24(11-9-21)13-16-12-23-18(30-16)15-6-4-3-5-7-15/h3-7,12H,2,8-11,13-14H2,1H3,(H2,22,27). The molecule has 4 amide bonds. The van der Waals surface area contributed by atoms with Gasteiger partial charge in [0.1, 0.15) is 17.1 Å². The summed E-state index contributed by atoms with van der Waals surface area (Å²) >= 11 is 1.67. The van der Waals surface area contributed by atoms with Crippen LogP contribution in [0, 0.1) is 0 Å². The van der Waals surface area contributed by atoms with E-state index in [-0.39, 0.29) is 12.5 Å². The Kier molecular flexibility index (Phi) is 5.57. The number of primary amides is 1. The Bertz CT molecular complexity index is 953. The SMILES string of the molecule is CCN1C(=O)N(CC(N)=O)C(=O)C12CCN(Cc1cnc(-c3ccccc3)s1)CC2. The number of likely N-dealkylation sites (tertiary alicyclic amines) is 1. The summed E-state index contributed by atoms with van der Waals surface area (Å²) in [5.74, 6) is -0.974. The first-order valence-electron chi connectivity index (χ1n) is 10.1. The number of likely N-dealkylation sites (N-methyl/N-ethyl adjacent to an activating group) is 1. The number of piperidine rings is 1. The minimum absolute atomic E-state index is 0.294. The number of aromatic nitrogens is 1. The Morgan fingerprint density at radius 1 is 1.20 bits per heavy atom. The number of amides is 4. The first kappa shape index (κ1) is 20.5. The van der Waals surface area contributed by atoms with Crippen LogP contribution in [-0.2, 0) is 16.1 Å². The van der Waals surface area contributed by atoms with Gasteiger partial charge >= 0.3 is 6.03 Å². The lowest BCUT2D eigenvalue weighted by Crippen LogP contribution is -2.56. The molecule has 2 aromatic rings. The summed E-state index contributed by atoms with van der Waals surface area (Å²) in [7, 11) is 0. The fraction of sp³-hybridized carbons (Fsp3) is 0.429. The van der Waals surface area contributed by atoms with Crippen LogP contribution in [0.2, 0.25) is 0 Å². The third kappa shape index (κ3) is 3.59. The molecule has 0 radical (unpaired) electrons. The van der Waals surface area contributed by atoms with Crippen molar-refractivity contribution in [3.63, 3.8) is 0 Å². The number of benzene rings is 1. The Balaban J connectivity index is 1.43. The number of hydrogen-bond acceptors (Lipinski definition) is 6. The molecule has 0 atom stereocenters. The van der Waals surface area contributed by atoms with Gasteiger partial charge in [0.15, 0.2) is 0 Å². The van der Waals surface area contributed by atoms with E-state index in [1.165, 1.54) is 4.88 Å². The zero-order chi connectivity index (χ0) is 21.3. The van der Waals surface area contributed by atoms with E-state index in [0.717, 1.165) is 22.0 Å². The van der Waals surface area contributed by atoms with Gasteiger partial charge in [0.2, 0.25) is 5.91 Å². The zero-order valence-electron chi connectivity index (χ0n) is 16.9. The number of nitrogens with two attached hydrogens (primary N) is 1. The second kappa shape index (κ2) is 8.16. The van der Waals surface area contributed by atoms with E-state index in [9.17, 15) is 14.4 Å². The normalized spacial score (nSPS) is 19.1. The summed E-state index contributed by atoms with van der Waals surface area (Å²) in [6, 6.07) is 9.67. The van der Waals surface area contributed by atoms with Gasteiger partial charge in [-0.25, -0.2) is 9.78 Å². The quantitative estimate of drug-likeness (QED) is 0.710. The molecule has 0 unspecified atom stereocenters. The minimum Gasteiger partial charge on any atom is -0.368 e. The van der Waals surface area contributed by atoms with E-state index in [2.05, 4.69) is 9.88 Å². The molecule has 0 bridgehead atoms. The minimum atomic E-state index is -0.860. The number of rotatable bonds is 6. The lowest BCUT2D eigenvalue weighted by molar-refractivity contribution is -0.137. The predicted molar refractivity (Wildman–Crippen MR) is 113 cm³/mol. The number of thiazole rings is 1. The van der Waals surface area contributed by atoms with Crippen LogP contribution in [0.4, 0.5) is 4.79 Å². The average Bonchev–Trinajstić information content (AvgIpc) is 3.28. The van der Waals surface area contributed by atoms with E-state index >= 15 is 0 Å². The summed E-state index contributed by atoms with van der Waals surface area (Å²) < 4.78 is 0. The maximum Gasteiger partial charge on any atom is 0.328 e. The van der Waals surface area contributed by atoms with E-state index in [1.54, 1.807) is 16.2 Å². The molecule has 0 aliphatic carbocycles. The Morgan fingerprint density at radius 3 is 2.53 bits per heavy atom. The van der Waals surface area contributed by atoms with Crippen LogP contribution in [-0.4, -0.2) is 69.2 Å². The maximum atomic E-state index is 13.1. The number of hydrogen-bond donors (Lipinski definition) is 1. The zero-order valence-corrected chi connectivity index (χ0v) is 17.7. The molecule has 2 aliphatic heterocycles. The van der Waals surface area contributed by atoms with Crippen molar-refractivity contribution in [2.45, 2.75) is 31.8 Å². The molecule has 3 heterocycles. The number of nitrogens with zero attached hydrogens (tertiary/aromatic N) is 4. The van der Waals surface area contributed by atoms with Crippen LogP contribution < -0.4 is 5.73 Å². The van der Waals surface area contributed by atoms with Crippen LogP contribution in [0.5, 0.6) is 0 Å². The first-order valence-corrected chi connectivity index (χ1v) is 10.9. The van der Waals surface area contributed by atoms with Gasteiger partial charge in [-0.2, -0.15) is 0 Å². The number of carbonyl (C=O) groups is 3. The molecule has 2 N–H and O–H groups in total. The van der Waals surface area contributed by atoms with Crippen molar-refractivity contribution in [3.8, 4) is 10.6 Å². The summed E-state index contributed by atoms with van der Waals surface area (Å²) in [6.07, 6.45) is 3.00. The van der Waals surface area contributed by atoms with Crippen LogP contribution in [0.1, 0.15) is 24.6 Å². The number of urea groups is 1. The molecular formula is C21H25N5O3S. The van der Waals surface area contributed by atoms with E-state index in [4.69, 9.17) is 5.73 Å². The fourth-order valence-corrected chi connectivity index (χ4v) is 5.36. The molecule has 2 aliphatic rings. The molecule has 1 aromatic carbocycles. The van der Waals surface area contributed by atoms with Gasteiger partial charge in [0.05, 0.1) is 0 Å². The molecular weight excluding hydrogens is 402 g/mol. The van der Waals surface area contributed by atoms with Gasteiger partial charge in [0.25, 0.3) is 5.91 Å². The highest BCUT2D eigenvalue weighted by molar-refractivity contribution is 7.15. The van der Waals surface area contributed by atoms with Crippen molar-refractivity contribution in [3.05, 3.63) is 41.4 Å². The van der Waals surface area contributed by atoms with Crippen molar-refractivity contribution in [1.29, 1.82) is 0 Å². The van der Waals surface area contributed by atoms with Crippen LogP contribution in [0.15, 0.2) is 36.5 Å². The van der Waals surface area contributed by atoms with E-state index in [1.807, 2.05) is 43.5 Å².